The van der Waals surface area contributed by atoms with Gasteiger partial charge in [-0.3, -0.25) is 9.59 Å². The Hall–Kier alpha value is -2.21. The second-order valence-corrected chi connectivity index (χ2v) is 5.71. The quantitative estimate of drug-likeness (QED) is 0.889. The lowest BCUT2D eigenvalue weighted by molar-refractivity contribution is -0.130. The number of nitrogens with zero attached hydrogens (tertiary/aromatic N) is 1. The molecule has 0 fully saturated rings. The van der Waals surface area contributed by atoms with Crippen molar-refractivity contribution < 1.29 is 14.0 Å². The molecule has 22 heavy (non-hydrogen) atoms. The first kappa shape index (κ1) is 16.2. The molecule has 6 heteroatoms. The van der Waals surface area contributed by atoms with Crippen LogP contribution in [0, 0.1) is 5.82 Å². The van der Waals surface area contributed by atoms with E-state index in [9.17, 15) is 14.0 Å². The SMILES string of the molecule is CCN(Cc1cccs1)C(=O)CNC(=O)c1ccc(F)cc1. The number of carbonyl (C=O) groups excluding carboxylic acids is 2. The summed E-state index contributed by atoms with van der Waals surface area (Å²) in [5.41, 5.74) is 0.329. The van der Waals surface area contributed by atoms with E-state index in [4.69, 9.17) is 0 Å². The van der Waals surface area contributed by atoms with Crippen molar-refractivity contribution in [3.8, 4) is 0 Å². The first-order chi connectivity index (χ1) is 10.6. The van der Waals surface area contributed by atoms with Gasteiger partial charge in [0.15, 0.2) is 0 Å². The fourth-order valence-electron chi connectivity index (χ4n) is 1.94. The highest BCUT2D eigenvalue weighted by molar-refractivity contribution is 7.09. The fourth-order valence-corrected chi connectivity index (χ4v) is 2.66. The molecule has 4 nitrogen and oxygen atoms in total. The number of rotatable bonds is 6. The van der Waals surface area contributed by atoms with Gasteiger partial charge in [-0.25, -0.2) is 4.39 Å². The number of hydrogen-bond acceptors (Lipinski definition) is 3. The highest BCUT2D eigenvalue weighted by Gasteiger charge is 2.14. The first-order valence-corrected chi connectivity index (χ1v) is 7.82. The maximum Gasteiger partial charge on any atom is 0.251 e. The van der Waals surface area contributed by atoms with Crippen LogP contribution in [0.1, 0.15) is 22.2 Å². The summed E-state index contributed by atoms with van der Waals surface area (Å²) in [6.07, 6.45) is 0. The number of nitrogens with one attached hydrogen (secondary N) is 1. The van der Waals surface area contributed by atoms with Gasteiger partial charge in [-0.15, -0.1) is 11.3 Å². The average Bonchev–Trinajstić information content (AvgIpc) is 3.03. The maximum absolute atomic E-state index is 12.8. The molecular formula is C16H17FN2O2S. The van der Waals surface area contributed by atoms with Crippen LogP contribution in [0.25, 0.3) is 0 Å². The molecule has 1 aromatic heterocycles. The molecule has 0 aliphatic heterocycles. The van der Waals surface area contributed by atoms with Crippen molar-refractivity contribution in [3.63, 3.8) is 0 Å². The summed E-state index contributed by atoms with van der Waals surface area (Å²) in [4.78, 5) is 26.8. The fraction of sp³-hybridized carbons (Fsp3) is 0.250. The minimum absolute atomic E-state index is 0.0740. The van der Waals surface area contributed by atoms with Crippen LogP contribution >= 0.6 is 11.3 Å². The van der Waals surface area contributed by atoms with Crippen molar-refractivity contribution in [3.05, 3.63) is 58.0 Å². The van der Waals surface area contributed by atoms with Crippen LogP contribution in [0.2, 0.25) is 0 Å². The van der Waals surface area contributed by atoms with Crippen LogP contribution < -0.4 is 5.32 Å². The Labute approximate surface area is 132 Å². The van der Waals surface area contributed by atoms with Crippen LogP contribution in [0.3, 0.4) is 0 Å². The Morgan fingerprint density at radius 2 is 1.95 bits per heavy atom. The molecule has 0 saturated heterocycles. The normalized spacial score (nSPS) is 10.3. The second kappa shape index (κ2) is 7.70. The molecule has 116 valence electrons. The van der Waals surface area contributed by atoms with Crippen molar-refractivity contribution in [2.24, 2.45) is 0 Å². The summed E-state index contributed by atoms with van der Waals surface area (Å²) in [6, 6.07) is 9.11. The number of amides is 2. The standard InChI is InChI=1S/C16H17FN2O2S/c1-2-19(11-14-4-3-9-22-14)15(20)10-18-16(21)12-5-7-13(17)8-6-12/h3-9H,2,10-11H2,1H3,(H,18,21). The van der Waals surface area contributed by atoms with Gasteiger partial charge in [0.05, 0.1) is 13.1 Å². The Kier molecular flexibility index (Phi) is 5.66. The lowest BCUT2D eigenvalue weighted by Crippen LogP contribution is -2.39. The molecule has 2 aromatic rings. The zero-order valence-electron chi connectivity index (χ0n) is 12.2. The minimum Gasteiger partial charge on any atom is -0.343 e. The van der Waals surface area contributed by atoms with Crippen LogP contribution in [0.4, 0.5) is 4.39 Å². The van der Waals surface area contributed by atoms with Crippen molar-refractivity contribution in [2.75, 3.05) is 13.1 Å². The second-order valence-electron chi connectivity index (χ2n) is 4.68. The van der Waals surface area contributed by atoms with Crippen molar-refractivity contribution in [1.82, 2.24) is 10.2 Å². The van der Waals surface area contributed by atoms with Crippen molar-refractivity contribution in [2.45, 2.75) is 13.5 Å². The third-order valence-corrected chi connectivity index (χ3v) is 4.03. The van der Waals surface area contributed by atoms with Crippen molar-refractivity contribution in [1.29, 1.82) is 0 Å². The predicted octanol–water partition coefficient (Wildman–Crippen LogP) is 2.67. The third kappa shape index (κ3) is 4.39. The van der Waals surface area contributed by atoms with Gasteiger partial charge in [-0.05, 0) is 42.6 Å². The summed E-state index contributed by atoms with van der Waals surface area (Å²) in [5, 5.41) is 4.53. The molecule has 0 aliphatic rings. The van der Waals surface area contributed by atoms with Gasteiger partial charge in [-0.2, -0.15) is 0 Å². The van der Waals surface area contributed by atoms with Gasteiger partial charge in [0, 0.05) is 17.0 Å². The molecule has 0 atom stereocenters. The molecule has 0 radical (unpaired) electrons. The summed E-state index contributed by atoms with van der Waals surface area (Å²) in [6.45, 7) is 2.94. The molecule has 0 saturated carbocycles. The Balaban J connectivity index is 1.87. The maximum atomic E-state index is 12.8. The summed E-state index contributed by atoms with van der Waals surface area (Å²) < 4.78 is 12.8. The Morgan fingerprint density at radius 1 is 1.23 bits per heavy atom. The van der Waals surface area contributed by atoms with Crippen LogP contribution in [-0.4, -0.2) is 29.8 Å². The number of hydrogen-bond donors (Lipinski definition) is 1. The summed E-state index contributed by atoms with van der Waals surface area (Å²) in [7, 11) is 0. The minimum atomic E-state index is -0.402. The molecule has 1 aromatic carbocycles. The molecule has 1 heterocycles. The van der Waals surface area contributed by atoms with Crippen LogP contribution in [0.5, 0.6) is 0 Å². The van der Waals surface area contributed by atoms with E-state index >= 15 is 0 Å². The molecule has 2 rings (SSSR count). The van der Waals surface area contributed by atoms with Gasteiger partial charge < -0.3 is 10.2 Å². The number of thiophene rings is 1. The molecule has 0 spiro atoms. The molecule has 2 amide bonds. The lowest BCUT2D eigenvalue weighted by Gasteiger charge is -2.20. The van der Waals surface area contributed by atoms with Crippen LogP contribution in [-0.2, 0) is 11.3 Å². The van der Waals surface area contributed by atoms with E-state index in [0.717, 1.165) is 4.88 Å². The van der Waals surface area contributed by atoms with E-state index in [1.807, 2.05) is 24.4 Å². The number of benzene rings is 1. The topological polar surface area (TPSA) is 49.4 Å². The molecule has 0 bridgehead atoms. The smallest absolute Gasteiger partial charge is 0.251 e. The van der Waals surface area contributed by atoms with E-state index in [1.54, 1.807) is 16.2 Å². The zero-order chi connectivity index (χ0) is 15.9. The Bertz CT molecular complexity index is 626. The lowest BCUT2D eigenvalue weighted by atomic mass is 10.2. The van der Waals surface area contributed by atoms with Gasteiger partial charge in [-0.1, -0.05) is 6.07 Å². The van der Waals surface area contributed by atoms with Gasteiger partial charge >= 0.3 is 0 Å². The molecule has 0 unspecified atom stereocenters. The zero-order valence-corrected chi connectivity index (χ0v) is 13.0. The van der Waals surface area contributed by atoms with Crippen molar-refractivity contribution >= 4 is 23.2 Å². The largest absolute Gasteiger partial charge is 0.343 e. The summed E-state index contributed by atoms with van der Waals surface area (Å²) >= 11 is 1.59. The van der Waals surface area contributed by atoms with Gasteiger partial charge in [0.2, 0.25) is 5.91 Å². The monoisotopic (exact) mass is 320 g/mol. The van der Waals surface area contributed by atoms with E-state index in [1.165, 1.54) is 24.3 Å². The molecular weight excluding hydrogens is 303 g/mol. The average molecular weight is 320 g/mol. The number of carbonyl (C=O) groups is 2. The van der Waals surface area contributed by atoms with E-state index in [0.29, 0.717) is 18.7 Å². The molecule has 1 N–H and O–H groups in total. The summed E-state index contributed by atoms with van der Waals surface area (Å²) in [5.74, 6) is -0.937. The van der Waals surface area contributed by atoms with E-state index in [2.05, 4.69) is 5.32 Å². The van der Waals surface area contributed by atoms with Gasteiger partial charge in [0.25, 0.3) is 5.91 Å². The highest BCUT2D eigenvalue weighted by Crippen LogP contribution is 2.11. The predicted molar refractivity (Wildman–Crippen MR) is 84.1 cm³/mol. The third-order valence-electron chi connectivity index (χ3n) is 3.17. The number of halogens is 1. The molecule has 0 aliphatic carbocycles. The number of likely N-dealkylation sites (N-methyl/N-ethyl adjacent to an activating group) is 1. The van der Waals surface area contributed by atoms with Gasteiger partial charge in [0.1, 0.15) is 5.82 Å². The van der Waals surface area contributed by atoms with E-state index in [-0.39, 0.29) is 18.4 Å². The van der Waals surface area contributed by atoms with Crippen LogP contribution in [0.15, 0.2) is 41.8 Å². The van der Waals surface area contributed by atoms with E-state index < -0.39 is 5.82 Å². The first-order valence-electron chi connectivity index (χ1n) is 6.94. The Morgan fingerprint density at radius 3 is 2.55 bits per heavy atom. The highest BCUT2D eigenvalue weighted by atomic mass is 32.1.